The number of nitrogens with one attached hydrogen (secondary N) is 1. The van der Waals surface area contributed by atoms with E-state index in [1.54, 1.807) is 11.3 Å². The van der Waals surface area contributed by atoms with Crippen LogP contribution >= 0.6 is 11.3 Å². The van der Waals surface area contributed by atoms with Gasteiger partial charge in [-0.2, -0.15) is 0 Å². The average molecular weight is 300 g/mol. The number of hydrogen-bond acceptors (Lipinski definition) is 4. The van der Waals surface area contributed by atoms with Gasteiger partial charge in [-0.25, -0.2) is 9.97 Å². The SMILES string of the molecule is Cc1nc(C)c(CCN[C@@H](C)c2cn3ccccc3n2)s1. The van der Waals surface area contributed by atoms with Gasteiger partial charge in [0.2, 0.25) is 0 Å². The lowest BCUT2D eigenvalue weighted by Gasteiger charge is -2.10. The first-order valence-corrected chi connectivity index (χ1v) is 8.05. The molecule has 3 aromatic heterocycles. The zero-order valence-electron chi connectivity index (χ0n) is 12.6. The Morgan fingerprint density at radius 1 is 1.29 bits per heavy atom. The molecule has 0 saturated heterocycles. The predicted octanol–water partition coefficient (Wildman–Crippen LogP) is 3.30. The molecular weight excluding hydrogens is 280 g/mol. The van der Waals surface area contributed by atoms with Gasteiger partial charge in [-0.3, -0.25) is 0 Å². The van der Waals surface area contributed by atoms with Gasteiger partial charge in [-0.05, 0) is 39.3 Å². The van der Waals surface area contributed by atoms with Gasteiger partial charge in [-0.15, -0.1) is 11.3 Å². The highest BCUT2D eigenvalue weighted by Crippen LogP contribution is 2.18. The Morgan fingerprint density at radius 3 is 2.86 bits per heavy atom. The van der Waals surface area contributed by atoms with Crippen LogP contribution in [-0.4, -0.2) is 20.9 Å². The molecule has 3 rings (SSSR count). The summed E-state index contributed by atoms with van der Waals surface area (Å²) in [6.45, 7) is 7.25. The third kappa shape index (κ3) is 3.14. The molecule has 110 valence electrons. The van der Waals surface area contributed by atoms with Crippen LogP contribution < -0.4 is 5.32 Å². The van der Waals surface area contributed by atoms with Gasteiger partial charge in [-0.1, -0.05) is 6.07 Å². The van der Waals surface area contributed by atoms with Gasteiger partial charge >= 0.3 is 0 Å². The Kier molecular flexibility index (Phi) is 4.03. The number of thiazole rings is 1. The number of aryl methyl sites for hydroxylation is 2. The van der Waals surface area contributed by atoms with E-state index >= 15 is 0 Å². The van der Waals surface area contributed by atoms with Crippen LogP contribution in [-0.2, 0) is 6.42 Å². The molecule has 3 aromatic rings. The topological polar surface area (TPSA) is 42.2 Å². The maximum Gasteiger partial charge on any atom is 0.137 e. The van der Waals surface area contributed by atoms with Crippen LogP contribution in [0.25, 0.3) is 5.65 Å². The Hall–Kier alpha value is -1.72. The Bertz CT molecular complexity index is 711. The van der Waals surface area contributed by atoms with Gasteiger partial charge < -0.3 is 9.72 Å². The van der Waals surface area contributed by atoms with Crippen LogP contribution in [0.3, 0.4) is 0 Å². The zero-order valence-corrected chi connectivity index (χ0v) is 13.4. The van der Waals surface area contributed by atoms with Crippen molar-refractivity contribution in [3.63, 3.8) is 0 Å². The first-order chi connectivity index (χ1) is 10.1. The summed E-state index contributed by atoms with van der Waals surface area (Å²) in [6.07, 6.45) is 5.14. The van der Waals surface area contributed by atoms with Crippen LogP contribution in [0, 0.1) is 13.8 Å². The molecule has 0 aliphatic heterocycles. The maximum absolute atomic E-state index is 4.65. The first kappa shape index (κ1) is 14.2. The van der Waals surface area contributed by atoms with E-state index in [0.29, 0.717) is 0 Å². The molecule has 0 amide bonds. The molecule has 0 bridgehead atoms. The molecule has 0 unspecified atom stereocenters. The van der Waals surface area contributed by atoms with E-state index in [0.717, 1.165) is 29.3 Å². The van der Waals surface area contributed by atoms with Crippen molar-refractivity contribution < 1.29 is 0 Å². The lowest BCUT2D eigenvalue weighted by Crippen LogP contribution is -2.21. The van der Waals surface area contributed by atoms with Crippen molar-refractivity contribution in [1.82, 2.24) is 19.7 Å². The molecule has 1 N–H and O–H groups in total. The van der Waals surface area contributed by atoms with Gasteiger partial charge in [0, 0.05) is 29.9 Å². The van der Waals surface area contributed by atoms with E-state index in [9.17, 15) is 0 Å². The standard InChI is InChI=1S/C16H20N4S/c1-11(14-10-20-9-5-4-6-16(20)19-14)17-8-7-15-12(2)18-13(3)21-15/h4-6,9-11,17H,7-8H2,1-3H3/t11-/m0/s1. The number of aromatic nitrogens is 3. The van der Waals surface area contributed by atoms with E-state index in [2.05, 4.69) is 46.7 Å². The second-order valence-electron chi connectivity index (χ2n) is 5.30. The summed E-state index contributed by atoms with van der Waals surface area (Å²) in [6, 6.07) is 6.31. The van der Waals surface area contributed by atoms with Crippen molar-refractivity contribution in [3.05, 3.63) is 51.9 Å². The van der Waals surface area contributed by atoms with Crippen LogP contribution in [0.15, 0.2) is 30.6 Å². The quantitative estimate of drug-likeness (QED) is 0.786. The molecule has 3 heterocycles. The van der Waals surface area contributed by atoms with E-state index in [-0.39, 0.29) is 6.04 Å². The number of imidazole rings is 1. The predicted molar refractivity (Wildman–Crippen MR) is 86.9 cm³/mol. The molecule has 5 heteroatoms. The molecule has 0 aliphatic carbocycles. The Labute approximate surface area is 128 Å². The first-order valence-electron chi connectivity index (χ1n) is 7.23. The Morgan fingerprint density at radius 2 is 2.14 bits per heavy atom. The van der Waals surface area contributed by atoms with Crippen molar-refractivity contribution >= 4 is 17.0 Å². The van der Waals surface area contributed by atoms with Gasteiger partial charge in [0.05, 0.1) is 16.4 Å². The summed E-state index contributed by atoms with van der Waals surface area (Å²) < 4.78 is 2.06. The molecule has 21 heavy (non-hydrogen) atoms. The summed E-state index contributed by atoms with van der Waals surface area (Å²) in [5.41, 5.74) is 3.24. The lowest BCUT2D eigenvalue weighted by atomic mass is 10.2. The fourth-order valence-electron chi connectivity index (χ4n) is 2.48. The fraction of sp³-hybridized carbons (Fsp3) is 0.375. The summed E-state index contributed by atoms with van der Waals surface area (Å²) >= 11 is 1.79. The second kappa shape index (κ2) is 5.95. The van der Waals surface area contributed by atoms with Crippen LogP contribution in [0.1, 0.15) is 34.2 Å². The van der Waals surface area contributed by atoms with Crippen molar-refractivity contribution in [3.8, 4) is 0 Å². The fourth-order valence-corrected chi connectivity index (χ4v) is 3.41. The van der Waals surface area contributed by atoms with Crippen LogP contribution in [0.5, 0.6) is 0 Å². The lowest BCUT2D eigenvalue weighted by molar-refractivity contribution is 0.567. The summed E-state index contributed by atoms with van der Waals surface area (Å²) in [5.74, 6) is 0. The van der Waals surface area contributed by atoms with Gasteiger partial charge in [0.25, 0.3) is 0 Å². The van der Waals surface area contributed by atoms with E-state index in [1.807, 2.05) is 24.4 Å². The van der Waals surface area contributed by atoms with Crippen molar-refractivity contribution in [2.75, 3.05) is 6.54 Å². The van der Waals surface area contributed by atoms with Crippen molar-refractivity contribution in [1.29, 1.82) is 0 Å². The summed E-state index contributed by atoms with van der Waals surface area (Å²) in [7, 11) is 0. The number of hydrogen-bond donors (Lipinski definition) is 1. The number of rotatable bonds is 5. The normalized spacial score (nSPS) is 12.9. The molecule has 1 atom stereocenters. The second-order valence-corrected chi connectivity index (χ2v) is 6.59. The molecule has 0 aromatic carbocycles. The van der Waals surface area contributed by atoms with E-state index in [4.69, 9.17) is 0 Å². The third-order valence-corrected chi connectivity index (χ3v) is 4.76. The summed E-state index contributed by atoms with van der Waals surface area (Å²) in [5, 5.41) is 4.70. The monoisotopic (exact) mass is 300 g/mol. The minimum absolute atomic E-state index is 0.249. The summed E-state index contributed by atoms with van der Waals surface area (Å²) in [4.78, 5) is 10.5. The molecule has 0 aliphatic rings. The largest absolute Gasteiger partial charge is 0.308 e. The van der Waals surface area contributed by atoms with Crippen molar-refractivity contribution in [2.24, 2.45) is 0 Å². The molecule has 0 saturated carbocycles. The average Bonchev–Trinajstić information content (AvgIpc) is 3.02. The van der Waals surface area contributed by atoms with Crippen molar-refractivity contribution in [2.45, 2.75) is 33.2 Å². The molecular formula is C16H20N4S. The smallest absolute Gasteiger partial charge is 0.137 e. The Balaban J connectivity index is 1.61. The number of fused-ring (bicyclic) bond motifs is 1. The molecule has 0 fully saturated rings. The maximum atomic E-state index is 4.65. The zero-order chi connectivity index (χ0) is 14.8. The van der Waals surface area contributed by atoms with Gasteiger partial charge in [0.1, 0.15) is 5.65 Å². The molecule has 0 radical (unpaired) electrons. The van der Waals surface area contributed by atoms with E-state index in [1.165, 1.54) is 10.6 Å². The molecule has 0 spiro atoms. The minimum Gasteiger partial charge on any atom is -0.308 e. The number of nitrogens with zero attached hydrogens (tertiary/aromatic N) is 3. The minimum atomic E-state index is 0.249. The third-order valence-electron chi connectivity index (χ3n) is 3.63. The highest BCUT2D eigenvalue weighted by atomic mass is 32.1. The highest BCUT2D eigenvalue weighted by molar-refractivity contribution is 7.11. The van der Waals surface area contributed by atoms with Crippen LogP contribution in [0.2, 0.25) is 0 Å². The van der Waals surface area contributed by atoms with E-state index < -0.39 is 0 Å². The highest BCUT2D eigenvalue weighted by Gasteiger charge is 2.10. The molecule has 4 nitrogen and oxygen atoms in total. The van der Waals surface area contributed by atoms with Crippen LogP contribution in [0.4, 0.5) is 0 Å². The number of pyridine rings is 1. The van der Waals surface area contributed by atoms with Gasteiger partial charge in [0.15, 0.2) is 0 Å².